The van der Waals surface area contributed by atoms with Crippen molar-refractivity contribution in [1.29, 1.82) is 0 Å². The summed E-state index contributed by atoms with van der Waals surface area (Å²) >= 11 is 14.2. The fourth-order valence-corrected chi connectivity index (χ4v) is 5.04. The number of nitrogens with one attached hydrogen (secondary N) is 1. The van der Waals surface area contributed by atoms with Crippen LogP contribution in [0.4, 0.5) is 10.5 Å². The fourth-order valence-electron chi connectivity index (χ4n) is 4.09. The highest BCUT2D eigenvalue weighted by Crippen LogP contribution is 2.27. The summed E-state index contributed by atoms with van der Waals surface area (Å²) in [7, 11) is 0. The zero-order chi connectivity index (χ0) is 26.6. The first-order valence-electron chi connectivity index (χ1n) is 12.1. The van der Waals surface area contributed by atoms with E-state index in [-0.39, 0.29) is 6.09 Å². The van der Waals surface area contributed by atoms with Crippen LogP contribution in [-0.2, 0) is 4.74 Å². The van der Waals surface area contributed by atoms with Crippen molar-refractivity contribution < 1.29 is 9.53 Å². The number of nitrogens with zero attached hydrogens (tertiary/aromatic N) is 3. The van der Waals surface area contributed by atoms with Crippen molar-refractivity contribution in [2.45, 2.75) is 45.3 Å². The SMILES string of the molecule is CC(C)(C)OC(=O)N1CCC(Nc2ccnc3cc(Cl)ccc23)CC1.Clc1ccc2c(I)ccnc2c1. The second-order valence-electron chi connectivity index (χ2n) is 9.86. The molecule has 0 atom stereocenters. The molecule has 6 nitrogen and oxygen atoms in total. The minimum absolute atomic E-state index is 0.227. The number of fused-ring (bicyclic) bond motifs is 2. The van der Waals surface area contributed by atoms with Gasteiger partial charge in [-0.2, -0.15) is 0 Å². The van der Waals surface area contributed by atoms with Crippen LogP contribution >= 0.6 is 45.8 Å². The first-order valence-corrected chi connectivity index (χ1v) is 13.9. The van der Waals surface area contributed by atoms with Crippen LogP contribution in [0.1, 0.15) is 33.6 Å². The minimum Gasteiger partial charge on any atom is -0.444 e. The van der Waals surface area contributed by atoms with Crippen LogP contribution in [0.5, 0.6) is 0 Å². The number of rotatable bonds is 2. The normalized spacial score (nSPS) is 14.3. The van der Waals surface area contributed by atoms with Crippen molar-refractivity contribution in [3.8, 4) is 0 Å². The summed E-state index contributed by atoms with van der Waals surface area (Å²) in [6.45, 7) is 7.06. The molecule has 0 aliphatic carbocycles. The van der Waals surface area contributed by atoms with Crippen LogP contribution in [-0.4, -0.2) is 45.7 Å². The van der Waals surface area contributed by atoms with Gasteiger partial charge in [0.05, 0.1) is 11.0 Å². The van der Waals surface area contributed by atoms with E-state index in [9.17, 15) is 4.79 Å². The summed E-state index contributed by atoms with van der Waals surface area (Å²) in [5, 5.41) is 7.22. The lowest BCUT2D eigenvalue weighted by Crippen LogP contribution is -2.44. The molecule has 2 aromatic carbocycles. The molecular weight excluding hydrogens is 622 g/mol. The third kappa shape index (κ3) is 7.58. The average molecular weight is 651 g/mol. The van der Waals surface area contributed by atoms with Gasteiger partial charge in [-0.25, -0.2) is 4.79 Å². The fraction of sp³-hybridized carbons (Fsp3) is 0.321. The highest BCUT2D eigenvalue weighted by Gasteiger charge is 2.27. The molecule has 9 heteroatoms. The van der Waals surface area contributed by atoms with Gasteiger partial charge >= 0.3 is 6.09 Å². The van der Waals surface area contributed by atoms with E-state index in [1.807, 2.05) is 69.3 Å². The smallest absolute Gasteiger partial charge is 0.410 e. The quantitative estimate of drug-likeness (QED) is 0.222. The number of halogens is 3. The zero-order valence-corrected chi connectivity index (χ0v) is 24.6. The lowest BCUT2D eigenvalue weighted by molar-refractivity contribution is 0.0210. The number of amides is 1. The molecule has 194 valence electrons. The summed E-state index contributed by atoms with van der Waals surface area (Å²) in [6, 6.07) is 15.8. The number of hydrogen-bond donors (Lipinski definition) is 1. The molecule has 37 heavy (non-hydrogen) atoms. The van der Waals surface area contributed by atoms with Crippen LogP contribution in [0, 0.1) is 3.57 Å². The number of benzene rings is 2. The number of likely N-dealkylation sites (tertiary alicyclic amines) is 1. The number of anilines is 1. The number of ether oxygens (including phenoxy) is 1. The van der Waals surface area contributed by atoms with Gasteiger partial charge in [-0.15, -0.1) is 0 Å². The van der Waals surface area contributed by atoms with Crippen LogP contribution < -0.4 is 5.32 Å². The summed E-state index contributed by atoms with van der Waals surface area (Å²) in [5.41, 5.74) is 2.43. The number of carbonyl (C=O) groups excluding carboxylic acids is 1. The lowest BCUT2D eigenvalue weighted by atomic mass is 10.0. The molecule has 0 radical (unpaired) electrons. The van der Waals surface area contributed by atoms with Crippen molar-refractivity contribution in [3.05, 3.63) is 74.5 Å². The van der Waals surface area contributed by atoms with E-state index in [0.717, 1.165) is 45.4 Å². The van der Waals surface area contributed by atoms with Crippen molar-refractivity contribution in [1.82, 2.24) is 14.9 Å². The molecule has 3 heterocycles. The summed E-state index contributed by atoms with van der Waals surface area (Å²) in [6.07, 6.45) is 5.12. The number of piperidine rings is 1. The maximum atomic E-state index is 12.1. The Morgan fingerprint density at radius 3 is 2.14 bits per heavy atom. The zero-order valence-electron chi connectivity index (χ0n) is 21.0. The predicted molar refractivity (Wildman–Crippen MR) is 161 cm³/mol. The molecule has 0 bridgehead atoms. The van der Waals surface area contributed by atoms with Gasteiger partial charge in [0.1, 0.15) is 5.60 Å². The van der Waals surface area contributed by atoms with Gasteiger partial charge in [0.15, 0.2) is 0 Å². The van der Waals surface area contributed by atoms with Crippen LogP contribution in [0.15, 0.2) is 60.9 Å². The summed E-state index contributed by atoms with van der Waals surface area (Å²) < 4.78 is 6.65. The Morgan fingerprint density at radius 1 is 0.946 bits per heavy atom. The highest BCUT2D eigenvalue weighted by atomic mass is 127. The lowest BCUT2D eigenvalue weighted by Gasteiger charge is -2.34. The van der Waals surface area contributed by atoms with E-state index in [1.165, 1.54) is 3.57 Å². The first-order chi connectivity index (χ1) is 17.6. The third-order valence-electron chi connectivity index (χ3n) is 5.86. The maximum absolute atomic E-state index is 12.1. The van der Waals surface area contributed by atoms with Crippen molar-refractivity contribution in [2.75, 3.05) is 18.4 Å². The molecule has 2 aromatic heterocycles. The Kier molecular flexibility index (Phi) is 8.98. The number of aromatic nitrogens is 2. The van der Waals surface area contributed by atoms with Gasteiger partial charge < -0.3 is 15.0 Å². The molecule has 1 saturated heterocycles. The van der Waals surface area contributed by atoms with Gasteiger partial charge in [0, 0.05) is 61.6 Å². The second-order valence-corrected chi connectivity index (χ2v) is 11.9. The molecule has 0 spiro atoms. The van der Waals surface area contributed by atoms with E-state index in [0.29, 0.717) is 24.2 Å². The highest BCUT2D eigenvalue weighted by molar-refractivity contribution is 14.1. The Hall–Kier alpha value is -2.36. The topological polar surface area (TPSA) is 67.3 Å². The molecule has 5 rings (SSSR count). The maximum Gasteiger partial charge on any atom is 0.410 e. The molecular formula is C28H29Cl2IN4O2. The van der Waals surface area contributed by atoms with Gasteiger partial charge in [-0.1, -0.05) is 29.3 Å². The third-order valence-corrected chi connectivity index (χ3v) is 7.27. The van der Waals surface area contributed by atoms with Crippen molar-refractivity contribution >= 4 is 79.4 Å². The number of hydrogen-bond acceptors (Lipinski definition) is 5. The molecule has 1 N–H and O–H groups in total. The summed E-state index contributed by atoms with van der Waals surface area (Å²) in [4.78, 5) is 22.5. The van der Waals surface area contributed by atoms with Gasteiger partial charge in [0.2, 0.25) is 0 Å². The monoisotopic (exact) mass is 650 g/mol. The van der Waals surface area contributed by atoms with Gasteiger partial charge in [-0.3, -0.25) is 9.97 Å². The van der Waals surface area contributed by atoms with Crippen molar-refractivity contribution in [2.24, 2.45) is 0 Å². The minimum atomic E-state index is -0.455. The second kappa shape index (κ2) is 12.0. The Bertz CT molecular complexity index is 1400. The molecule has 0 saturated carbocycles. The molecule has 4 aromatic rings. The predicted octanol–water partition coefficient (Wildman–Crippen LogP) is 8.19. The van der Waals surface area contributed by atoms with E-state index in [4.69, 9.17) is 27.9 Å². The molecule has 1 aliphatic heterocycles. The van der Waals surface area contributed by atoms with E-state index < -0.39 is 5.60 Å². The standard InChI is InChI=1S/C19H24ClN3O2.C9H5ClIN/c1-19(2,3)25-18(24)23-10-7-14(8-11-23)22-16-6-9-21-17-12-13(20)4-5-15(16)17;10-6-1-2-7-8(11)3-4-12-9(7)5-6/h4-6,9,12,14H,7-8,10-11H2,1-3H3,(H,21,22);1-5H. The van der Waals surface area contributed by atoms with Crippen LogP contribution in [0.3, 0.4) is 0 Å². The van der Waals surface area contributed by atoms with Crippen molar-refractivity contribution in [3.63, 3.8) is 0 Å². The first kappa shape index (κ1) is 27.7. The van der Waals surface area contributed by atoms with Crippen LogP contribution in [0.2, 0.25) is 10.0 Å². The van der Waals surface area contributed by atoms with E-state index in [2.05, 4.69) is 37.9 Å². The average Bonchev–Trinajstić information content (AvgIpc) is 2.84. The molecule has 1 amide bonds. The Labute approximate surface area is 240 Å². The number of carbonyl (C=O) groups is 1. The largest absolute Gasteiger partial charge is 0.444 e. The summed E-state index contributed by atoms with van der Waals surface area (Å²) in [5.74, 6) is 0. The number of pyridine rings is 2. The molecule has 0 unspecified atom stereocenters. The van der Waals surface area contributed by atoms with E-state index in [1.54, 1.807) is 17.3 Å². The van der Waals surface area contributed by atoms with Gasteiger partial charge in [0.25, 0.3) is 0 Å². The molecule has 1 fully saturated rings. The molecule has 1 aliphatic rings. The Morgan fingerprint density at radius 2 is 1.51 bits per heavy atom. The van der Waals surface area contributed by atoms with E-state index >= 15 is 0 Å². The van der Waals surface area contributed by atoms with Crippen LogP contribution in [0.25, 0.3) is 21.8 Å². The van der Waals surface area contributed by atoms with Gasteiger partial charge in [-0.05, 0) is 98.7 Å². The Balaban J connectivity index is 0.000000222.